The molecule has 0 aromatic carbocycles. The summed E-state index contributed by atoms with van der Waals surface area (Å²) in [5, 5.41) is 0. The van der Waals surface area contributed by atoms with Crippen LogP contribution in [0.2, 0.25) is 19.6 Å². The third kappa shape index (κ3) is 5.29. The molecule has 3 fully saturated rings. The molecule has 0 aliphatic heterocycles. The molecule has 4 aliphatic carbocycles. The number of allylic oxidation sites excluding steroid dienone is 2. The molecule has 4 rings (SSSR count). The largest absolute Gasteiger partial charge is 0.418 e. The van der Waals surface area contributed by atoms with Crippen molar-refractivity contribution in [1.29, 1.82) is 0 Å². The number of rotatable bonds is 9. The Balaban J connectivity index is 1.38. The highest BCUT2D eigenvalue weighted by Crippen LogP contribution is 2.67. The third-order valence-electron chi connectivity index (χ3n) is 11.7. The molecule has 0 aromatic heterocycles. The molecule has 34 heavy (non-hydrogen) atoms. The first-order valence-corrected chi connectivity index (χ1v) is 18.7. The smallest absolute Gasteiger partial charge is 0.183 e. The Kier molecular flexibility index (Phi) is 8.21. The summed E-state index contributed by atoms with van der Waals surface area (Å²) < 4.78 is 6.23. The van der Waals surface area contributed by atoms with Crippen LogP contribution in [0.4, 0.5) is 0 Å². The van der Waals surface area contributed by atoms with Gasteiger partial charge in [-0.05, 0) is 130 Å². The van der Waals surface area contributed by atoms with Crippen LogP contribution in [0.5, 0.6) is 0 Å². The first-order valence-electron chi connectivity index (χ1n) is 15.3. The molecule has 4 aliphatic rings. The Morgan fingerprint density at radius 2 is 1.62 bits per heavy atom. The van der Waals surface area contributed by atoms with E-state index in [1.165, 1.54) is 77.0 Å². The molecular weight excluding hydrogens is 428 g/mol. The van der Waals surface area contributed by atoms with Crippen molar-refractivity contribution in [3.05, 3.63) is 11.6 Å². The second-order valence-electron chi connectivity index (χ2n) is 15.0. The van der Waals surface area contributed by atoms with Gasteiger partial charge in [0, 0.05) is 6.61 Å². The van der Waals surface area contributed by atoms with E-state index < -0.39 is 8.32 Å². The van der Waals surface area contributed by atoms with Gasteiger partial charge in [0.2, 0.25) is 0 Å². The van der Waals surface area contributed by atoms with Crippen LogP contribution in [-0.2, 0) is 4.43 Å². The lowest BCUT2D eigenvalue weighted by atomic mass is 9.48. The van der Waals surface area contributed by atoms with Gasteiger partial charge in [0.05, 0.1) is 0 Å². The van der Waals surface area contributed by atoms with Crippen LogP contribution in [0.3, 0.4) is 0 Å². The minimum absolute atomic E-state index is 0.563. The van der Waals surface area contributed by atoms with Gasteiger partial charge in [-0.15, -0.1) is 0 Å². The van der Waals surface area contributed by atoms with E-state index in [4.69, 9.17) is 4.43 Å². The molecule has 0 bridgehead atoms. The maximum atomic E-state index is 6.23. The summed E-state index contributed by atoms with van der Waals surface area (Å²) in [6.07, 6.45) is 20.2. The van der Waals surface area contributed by atoms with Crippen LogP contribution in [-0.4, -0.2) is 14.9 Å². The average molecular weight is 487 g/mol. The van der Waals surface area contributed by atoms with E-state index in [0.29, 0.717) is 10.8 Å². The molecule has 0 N–H and O–H groups in total. The maximum absolute atomic E-state index is 6.23. The van der Waals surface area contributed by atoms with Gasteiger partial charge in [0.15, 0.2) is 8.32 Å². The SMILES string of the molecule is CC(C)[C@H](CCO[Si](C)(C)C)CC[C@@H](C)[C@H]1CC[C@H]2C3=CCC4CCCC[C@]4(C)[C@H]3CC[C@]12C. The fourth-order valence-corrected chi connectivity index (χ4v) is 10.3. The molecule has 3 saturated carbocycles. The number of hydrogen-bond acceptors (Lipinski definition) is 1. The summed E-state index contributed by atoms with van der Waals surface area (Å²) in [7, 11) is -1.39. The van der Waals surface area contributed by atoms with Crippen molar-refractivity contribution in [3.8, 4) is 0 Å². The lowest BCUT2D eigenvalue weighted by Crippen LogP contribution is -2.48. The van der Waals surface area contributed by atoms with Gasteiger partial charge in [-0.3, -0.25) is 0 Å². The number of hydrogen-bond donors (Lipinski definition) is 0. The van der Waals surface area contributed by atoms with E-state index in [1.807, 2.05) is 5.57 Å². The van der Waals surface area contributed by atoms with Crippen LogP contribution in [0, 0.1) is 52.3 Å². The van der Waals surface area contributed by atoms with Crippen molar-refractivity contribution in [3.63, 3.8) is 0 Å². The van der Waals surface area contributed by atoms with E-state index in [1.54, 1.807) is 0 Å². The summed E-state index contributed by atoms with van der Waals surface area (Å²) >= 11 is 0. The monoisotopic (exact) mass is 486 g/mol. The summed E-state index contributed by atoms with van der Waals surface area (Å²) in [6.45, 7) is 20.9. The Bertz CT molecular complexity index is 719. The van der Waals surface area contributed by atoms with Crippen LogP contribution in [0.25, 0.3) is 0 Å². The van der Waals surface area contributed by atoms with E-state index in [9.17, 15) is 0 Å². The van der Waals surface area contributed by atoms with Crippen molar-refractivity contribution in [2.24, 2.45) is 52.3 Å². The molecule has 0 heterocycles. The Hall–Kier alpha value is -0.0831. The van der Waals surface area contributed by atoms with Gasteiger partial charge in [-0.2, -0.15) is 0 Å². The van der Waals surface area contributed by atoms with E-state index in [2.05, 4.69) is 60.3 Å². The zero-order valence-corrected chi connectivity index (χ0v) is 25.2. The van der Waals surface area contributed by atoms with Crippen molar-refractivity contribution >= 4 is 8.32 Å². The van der Waals surface area contributed by atoms with Crippen molar-refractivity contribution in [1.82, 2.24) is 0 Å². The summed E-state index contributed by atoms with van der Waals surface area (Å²) in [4.78, 5) is 0. The Morgan fingerprint density at radius 3 is 2.32 bits per heavy atom. The lowest BCUT2D eigenvalue weighted by Gasteiger charge is -2.57. The van der Waals surface area contributed by atoms with Crippen molar-refractivity contribution in [2.75, 3.05) is 6.61 Å². The zero-order chi connectivity index (χ0) is 24.7. The Morgan fingerprint density at radius 1 is 0.882 bits per heavy atom. The van der Waals surface area contributed by atoms with Gasteiger partial charge in [0.1, 0.15) is 0 Å². The molecule has 8 atom stereocenters. The third-order valence-corrected chi connectivity index (χ3v) is 12.8. The molecule has 196 valence electrons. The van der Waals surface area contributed by atoms with Crippen LogP contribution in [0.1, 0.15) is 112 Å². The van der Waals surface area contributed by atoms with Gasteiger partial charge < -0.3 is 4.43 Å². The van der Waals surface area contributed by atoms with Gasteiger partial charge in [-0.25, -0.2) is 0 Å². The van der Waals surface area contributed by atoms with E-state index in [-0.39, 0.29) is 0 Å². The molecular formula is C32H58OSi. The first-order chi connectivity index (χ1) is 16.0. The van der Waals surface area contributed by atoms with Crippen LogP contribution < -0.4 is 0 Å². The normalized spacial score (nSPS) is 39.7. The predicted octanol–water partition coefficient (Wildman–Crippen LogP) is 9.89. The minimum Gasteiger partial charge on any atom is -0.418 e. The highest BCUT2D eigenvalue weighted by Gasteiger charge is 2.57. The highest BCUT2D eigenvalue weighted by molar-refractivity contribution is 6.69. The van der Waals surface area contributed by atoms with Crippen molar-refractivity contribution < 1.29 is 4.43 Å². The predicted molar refractivity (Wildman–Crippen MR) is 150 cm³/mol. The minimum atomic E-state index is -1.39. The van der Waals surface area contributed by atoms with E-state index >= 15 is 0 Å². The maximum Gasteiger partial charge on any atom is 0.183 e. The molecule has 1 nitrogen and oxygen atoms in total. The van der Waals surface area contributed by atoms with Gasteiger partial charge in [-0.1, -0.05) is 65.5 Å². The highest BCUT2D eigenvalue weighted by atomic mass is 28.4. The number of fused-ring (bicyclic) bond motifs is 5. The standard InChI is InChI=1S/C32H58OSi/c1-23(2)25(19-22-33-34(6,7)8)13-12-24(3)28-16-17-29-27-15-14-26-11-9-10-20-31(26,4)30(27)18-21-32(28,29)5/h15,23-26,28-30H,9-14,16-22H2,1-8H3/t24-,25+,26?,28-,29+,30+,31+,32-/m1/s1. The zero-order valence-electron chi connectivity index (χ0n) is 24.2. The van der Waals surface area contributed by atoms with Crippen LogP contribution >= 0.6 is 0 Å². The summed E-state index contributed by atoms with van der Waals surface area (Å²) in [5.74, 6) is 6.18. The molecule has 1 unspecified atom stereocenters. The van der Waals surface area contributed by atoms with Gasteiger partial charge >= 0.3 is 0 Å². The topological polar surface area (TPSA) is 9.23 Å². The molecule has 0 spiro atoms. The fraction of sp³-hybridized carbons (Fsp3) is 0.938. The molecule has 2 heteroatoms. The van der Waals surface area contributed by atoms with E-state index in [0.717, 1.165) is 48.0 Å². The molecule has 0 saturated heterocycles. The quantitative estimate of drug-likeness (QED) is 0.233. The molecule has 0 aromatic rings. The van der Waals surface area contributed by atoms with Crippen LogP contribution in [0.15, 0.2) is 11.6 Å². The molecule has 0 radical (unpaired) electrons. The Labute approximate surface area is 214 Å². The summed E-state index contributed by atoms with van der Waals surface area (Å²) in [6, 6.07) is 0. The first kappa shape index (κ1) is 27.0. The average Bonchev–Trinajstić information content (AvgIpc) is 3.11. The second kappa shape index (κ2) is 10.4. The van der Waals surface area contributed by atoms with Gasteiger partial charge in [0.25, 0.3) is 0 Å². The van der Waals surface area contributed by atoms with Crippen molar-refractivity contribution in [2.45, 2.75) is 131 Å². The lowest BCUT2D eigenvalue weighted by molar-refractivity contribution is -0.00837. The second-order valence-corrected chi connectivity index (χ2v) is 19.5. The summed E-state index contributed by atoms with van der Waals surface area (Å²) in [5.41, 5.74) is 3.14. The molecule has 0 amide bonds. The fourth-order valence-electron chi connectivity index (χ4n) is 9.53.